The predicted molar refractivity (Wildman–Crippen MR) is 95.8 cm³/mol. The van der Waals surface area contributed by atoms with Crippen molar-refractivity contribution in [1.29, 1.82) is 0 Å². The van der Waals surface area contributed by atoms with Gasteiger partial charge >= 0.3 is 12.1 Å². The number of carboxylic acid groups (broad SMARTS) is 1. The number of aryl methyl sites for hydroxylation is 1. The zero-order valence-electron chi connectivity index (χ0n) is 15.6. The maximum atomic E-state index is 12.4. The number of fused-ring (bicyclic) bond motifs is 1. The third-order valence-electron chi connectivity index (χ3n) is 4.91. The van der Waals surface area contributed by atoms with Gasteiger partial charge in [-0.25, -0.2) is 4.79 Å². The van der Waals surface area contributed by atoms with Crippen molar-refractivity contribution in [2.45, 2.75) is 37.6 Å². The van der Waals surface area contributed by atoms with Gasteiger partial charge in [-0.05, 0) is 18.6 Å². The topological polar surface area (TPSA) is 91.6 Å². The summed E-state index contributed by atoms with van der Waals surface area (Å²) in [5.74, 6) is -2.55. The van der Waals surface area contributed by atoms with Crippen molar-refractivity contribution in [2.75, 3.05) is 11.4 Å². The number of nitrogens with zero attached hydrogens (tertiary/aromatic N) is 5. The second-order valence-corrected chi connectivity index (χ2v) is 6.86. The maximum Gasteiger partial charge on any atom is 0.490 e. The molecule has 2 fully saturated rings. The number of hydrogen-bond donors (Lipinski definition) is 1. The van der Waals surface area contributed by atoms with E-state index >= 15 is 0 Å². The summed E-state index contributed by atoms with van der Waals surface area (Å²) in [4.78, 5) is 30.1. The van der Waals surface area contributed by atoms with Gasteiger partial charge in [-0.15, -0.1) is 0 Å². The molecule has 2 aliphatic heterocycles. The summed E-state index contributed by atoms with van der Waals surface area (Å²) in [6.07, 6.45) is 2.04. The Morgan fingerprint density at radius 1 is 1.31 bits per heavy atom. The first-order valence-corrected chi connectivity index (χ1v) is 8.91. The molecule has 1 amide bonds. The van der Waals surface area contributed by atoms with Gasteiger partial charge in [0.25, 0.3) is 0 Å². The Labute approximate surface area is 164 Å². The second kappa shape index (κ2) is 8.19. The zero-order valence-corrected chi connectivity index (χ0v) is 15.6. The number of carboxylic acids is 1. The summed E-state index contributed by atoms with van der Waals surface area (Å²) in [7, 11) is 1.88. The zero-order chi connectivity index (χ0) is 21.2. The molecule has 0 aliphatic carbocycles. The quantitative estimate of drug-likeness (QED) is 0.829. The molecule has 8 nitrogen and oxygen atoms in total. The molecular weight excluding hydrogens is 391 g/mol. The molecule has 0 bridgehead atoms. The molecule has 4 heterocycles. The van der Waals surface area contributed by atoms with Crippen molar-refractivity contribution in [3.63, 3.8) is 0 Å². The van der Waals surface area contributed by atoms with Crippen LogP contribution in [0.5, 0.6) is 0 Å². The minimum Gasteiger partial charge on any atom is -0.475 e. The van der Waals surface area contributed by atoms with Crippen LogP contribution in [-0.4, -0.2) is 61.5 Å². The third-order valence-corrected chi connectivity index (χ3v) is 4.91. The Morgan fingerprint density at radius 3 is 2.59 bits per heavy atom. The van der Waals surface area contributed by atoms with Crippen molar-refractivity contribution >= 4 is 17.6 Å². The van der Waals surface area contributed by atoms with Crippen LogP contribution in [0.4, 0.5) is 18.9 Å². The fourth-order valence-electron chi connectivity index (χ4n) is 3.69. The van der Waals surface area contributed by atoms with Gasteiger partial charge in [-0.1, -0.05) is 6.07 Å². The monoisotopic (exact) mass is 411 g/mol. The molecule has 0 saturated carbocycles. The molecule has 2 aromatic rings. The SMILES string of the molecule is Cn1cc(N2C(=O)C[C@@H]3[C@@H]2CCN3Cc2ccccn2)cn1.O=C(O)C(F)(F)F. The summed E-state index contributed by atoms with van der Waals surface area (Å²) in [5.41, 5.74) is 1.98. The minimum absolute atomic E-state index is 0.203. The first-order valence-electron chi connectivity index (χ1n) is 8.91. The first kappa shape index (κ1) is 20.8. The van der Waals surface area contributed by atoms with Gasteiger partial charge in [-0.3, -0.25) is 19.4 Å². The summed E-state index contributed by atoms with van der Waals surface area (Å²) in [5, 5.41) is 11.3. The van der Waals surface area contributed by atoms with E-state index in [2.05, 4.69) is 15.0 Å². The fraction of sp³-hybridized carbons (Fsp3) is 0.444. The smallest absolute Gasteiger partial charge is 0.475 e. The van der Waals surface area contributed by atoms with E-state index in [0.29, 0.717) is 6.42 Å². The van der Waals surface area contributed by atoms with E-state index < -0.39 is 12.1 Å². The highest BCUT2D eigenvalue weighted by Gasteiger charge is 2.47. The van der Waals surface area contributed by atoms with Crippen LogP contribution in [0.3, 0.4) is 0 Å². The summed E-state index contributed by atoms with van der Waals surface area (Å²) in [6.45, 7) is 1.83. The number of hydrogen-bond acceptors (Lipinski definition) is 5. The van der Waals surface area contributed by atoms with E-state index in [9.17, 15) is 18.0 Å². The minimum atomic E-state index is -5.08. The second-order valence-electron chi connectivity index (χ2n) is 6.86. The molecule has 11 heteroatoms. The Bertz CT molecular complexity index is 871. The lowest BCUT2D eigenvalue weighted by Crippen LogP contribution is -2.37. The van der Waals surface area contributed by atoms with Gasteiger partial charge in [0, 0.05) is 45.0 Å². The average Bonchev–Trinajstić information content (AvgIpc) is 3.32. The van der Waals surface area contributed by atoms with E-state index in [-0.39, 0.29) is 18.0 Å². The molecule has 2 aromatic heterocycles. The Hall–Kier alpha value is -2.95. The first-order chi connectivity index (χ1) is 13.7. The number of likely N-dealkylation sites (tertiary alicyclic amines) is 1. The van der Waals surface area contributed by atoms with Crippen LogP contribution < -0.4 is 4.90 Å². The molecular formula is C18H20F3N5O3. The highest BCUT2D eigenvalue weighted by molar-refractivity contribution is 5.97. The van der Waals surface area contributed by atoms with Gasteiger partial charge in [0.1, 0.15) is 0 Å². The van der Waals surface area contributed by atoms with Gasteiger partial charge < -0.3 is 10.0 Å². The fourth-order valence-corrected chi connectivity index (χ4v) is 3.69. The van der Waals surface area contributed by atoms with Gasteiger partial charge in [0.15, 0.2) is 0 Å². The standard InChI is InChI=1S/C16H19N5O.C2HF3O2/c1-19-11-13(9-18-19)21-14-5-7-20(15(14)8-16(21)22)10-12-4-2-3-6-17-12;3-2(4,5)1(6)7/h2-4,6,9,11,14-15H,5,7-8,10H2,1H3;(H,6,7)/t14-,15+;/m0./s1. The normalized spacial score (nSPS) is 21.7. The number of rotatable bonds is 3. The molecule has 0 unspecified atom stereocenters. The van der Waals surface area contributed by atoms with Crippen molar-refractivity contribution in [3.8, 4) is 0 Å². The van der Waals surface area contributed by atoms with Crippen LogP contribution in [0.25, 0.3) is 0 Å². The van der Waals surface area contributed by atoms with E-state index in [1.807, 2.05) is 42.5 Å². The van der Waals surface area contributed by atoms with Gasteiger partial charge in [0.2, 0.25) is 5.91 Å². The van der Waals surface area contributed by atoms with Crippen LogP contribution in [0.15, 0.2) is 36.8 Å². The Balaban J connectivity index is 0.000000298. The number of carbonyl (C=O) groups excluding carboxylic acids is 1. The lowest BCUT2D eigenvalue weighted by molar-refractivity contribution is -0.192. The molecule has 0 radical (unpaired) electrons. The lowest BCUT2D eigenvalue weighted by Gasteiger charge is -2.24. The molecule has 156 valence electrons. The van der Waals surface area contributed by atoms with Gasteiger partial charge in [-0.2, -0.15) is 18.3 Å². The molecule has 29 heavy (non-hydrogen) atoms. The van der Waals surface area contributed by atoms with Crippen molar-refractivity contribution in [2.24, 2.45) is 7.05 Å². The Morgan fingerprint density at radius 2 is 2.03 bits per heavy atom. The van der Waals surface area contributed by atoms with E-state index in [0.717, 1.165) is 30.9 Å². The summed E-state index contributed by atoms with van der Waals surface area (Å²) >= 11 is 0. The molecule has 2 atom stereocenters. The summed E-state index contributed by atoms with van der Waals surface area (Å²) < 4.78 is 33.5. The third kappa shape index (κ3) is 4.73. The largest absolute Gasteiger partial charge is 0.490 e. The highest BCUT2D eigenvalue weighted by Crippen LogP contribution is 2.36. The van der Waals surface area contributed by atoms with Crippen molar-refractivity contribution in [3.05, 3.63) is 42.5 Å². The van der Waals surface area contributed by atoms with E-state index in [4.69, 9.17) is 9.90 Å². The number of pyridine rings is 1. The number of halogens is 3. The maximum absolute atomic E-state index is 12.4. The number of aliphatic carboxylic acids is 1. The van der Waals surface area contributed by atoms with Crippen molar-refractivity contribution in [1.82, 2.24) is 19.7 Å². The molecule has 0 spiro atoms. The Kier molecular flexibility index (Phi) is 5.87. The van der Waals surface area contributed by atoms with Crippen LogP contribution in [0, 0.1) is 0 Å². The lowest BCUT2D eigenvalue weighted by atomic mass is 10.1. The number of alkyl halides is 3. The predicted octanol–water partition coefficient (Wildman–Crippen LogP) is 1.83. The number of carbonyl (C=O) groups is 2. The molecule has 2 saturated heterocycles. The van der Waals surface area contributed by atoms with E-state index in [1.54, 1.807) is 10.9 Å². The molecule has 1 N–H and O–H groups in total. The highest BCUT2D eigenvalue weighted by atomic mass is 19.4. The number of anilines is 1. The number of aromatic nitrogens is 3. The average molecular weight is 411 g/mol. The van der Waals surface area contributed by atoms with Crippen LogP contribution >= 0.6 is 0 Å². The van der Waals surface area contributed by atoms with Gasteiger partial charge in [0.05, 0.1) is 23.6 Å². The van der Waals surface area contributed by atoms with Crippen LogP contribution in [0.1, 0.15) is 18.5 Å². The van der Waals surface area contributed by atoms with E-state index in [1.165, 1.54) is 0 Å². The molecule has 2 aliphatic rings. The van der Waals surface area contributed by atoms with Crippen molar-refractivity contribution < 1.29 is 27.9 Å². The van der Waals surface area contributed by atoms with Crippen LogP contribution in [-0.2, 0) is 23.2 Å². The van der Waals surface area contributed by atoms with Crippen LogP contribution in [0.2, 0.25) is 0 Å². The summed E-state index contributed by atoms with van der Waals surface area (Å²) in [6, 6.07) is 6.54. The molecule has 4 rings (SSSR count). The number of amides is 1. The molecule has 0 aromatic carbocycles.